The summed E-state index contributed by atoms with van der Waals surface area (Å²) >= 11 is 1.87. The zero-order valence-corrected chi connectivity index (χ0v) is 11.0. The number of nitrogens with zero attached hydrogens (tertiary/aromatic N) is 2. The number of nitrogen functional groups attached to an aromatic ring is 1. The summed E-state index contributed by atoms with van der Waals surface area (Å²) in [4.78, 5) is 8.63. The monoisotopic (exact) mass is 257 g/mol. The summed E-state index contributed by atoms with van der Waals surface area (Å²) in [7, 11) is 0. The van der Waals surface area contributed by atoms with Gasteiger partial charge in [-0.2, -0.15) is 0 Å². The molecule has 3 nitrogen and oxygen atoms in total. The number of hydrogen-bond donors (Lipinski definition) is 1. The van der Waals surface area contributed by atoms with Crippen molar-refractivity contribution in [3.05, 3.63) is 39.9 Å². The van der Waals surface area contributed by atoms with E-state index >= 15 is 0 Å². The molecule has 1 aliphatic carbocycles. The van der Waals surface area contributed by atoms with Crippen LogP contribution in [0.25, 0.3) is 0 Å². The van der Waals surface area contributed by atoms with E-state index in [4.69, 9.17) is 10.7 Å². The average Bonchev–Trinajstić information content (AvgIpc) is 3.01. The summed E-state index contributed by atoms with van der Waals surface area (Å²) in [5.74, 6) is 0. The van der Waals surface area contributed by atoms with Gasteiger partial charge in [-0.25, -0.2) is 4.98 Å². The smallest absolute Gasteiger partial charge is 0.186 e. The molecule has 4 rings (SSSR count). The number of hydrogen-bond acceptors (Lipinski definition) is 4. The Morgan fingerprint density at radius 2 is 2.17 bits per heavy atom. The topological polar surface area (TPSA) is 42.1 Å². The quantitative estimate of drug-likeness (QED) is 0.799. The molecule has 4 heteroatoms. The van der Waals surface area contributed by atoms with Gasteiger partial charge in [0.1, 0.15) is 0 Å². The van der Waals surface area contributed by atoms with Crippen LogP contribution < -0.4 is 10.6 Å². The first-order chi connectivity index (χ1) is 8.81. The second-order valence-electron chi connectivity index (χ2n) is 5.06. The largest absolute Gasteiger partial charge is 0.398 e. The van der Waals surface area contributed by atoms with Crippen LogP contribution in [0, 0.1) is 0 Å². The second-order valence-corrected chi connectivity index (χ2v) is 6.12. The van der Waals surface area contributed by atoms with E-state index in [1.807, 2.05) is 23.5 Å². The van der Waals surface area contributed by atoms with Crippen molar-refractivity contribution in [2.75, 3.05) is 10.6 Å². The number of benzene rings is 1. The lowest BCUT2D eigenvalue weighted by Crippen LogP contribution is -2.14. The fourth-order valence-electron chi connectivity index (χ4n) is 2.90. The van der Waals surface area contributed by atoms with E-state index in [0.717, 1.165) is 25.2 Å². The van der Waals surface area contributed by atoms with Gasteiger partial charge in [0, 0.05) is 23.7 Å². The van der Waals surface area contributed by atoms with Gasteiger partial charge in [-0.3, -0.25) is 0 Å². The molecule has 0 saturated carbocycles. The van der Waals surface area contributed by atoms with Crippen molar-refractivity contribution in [1.82, 2.24) is 4.98 Å². The first-order valence-corrected chi connectivity index (χ1v) is 7.22. The van der Waals surface area contributed by atoms with E-state index in [2.05, 4.69) is 11.0 Å². The normalized spacial score (nSPS) is 17.0. The Hall–Kier alpha value is -1.55. The van der Waals surface area contributed by atoms with Gasteiger partial charge >= 0.3 is 0 Å². The zero-order chi connectivity index (χ0) is 12.1. The number of aryl methyl sites for hydroxylation is 2. The number of rotatable bonds is 1. The molecule has 1 aromatic heterocycles. The molecule has 1 aliphatic heterocycles. The maximum Gasteiger partial charge on any atom is 0.186 e. The average molecular weight is 257 g/mol. The van der Waals surface area contributed by atoms with Crippen LogP contribution in [0.5, 0.6) is 0 Å². The molecule has 2 aliphatic rings. The highest BCUT2D eigenvalue weighted by Crippen LogP contribution is 2.37. The Labute approximate surface area is 110 Å². The fourth-order valence-corrected chi connectivity index (χ4v) is 4.04. The lowest BCUT2D eigenvalue weighted by atomic mass is 10.1. The van der Waals surface area contributed by atoms with Crippen LogP contribution in [0.2, 0.25) is 0 Å². The number of fused-ring (bicyclic) bond motifs is 2. The zero-order valence-electron chi connectivity index (χ0n) is 10.1. The van der Waals surface area contributed by atoms with Crippen LogP contribution in [0.3, 0.4) is 0 Å². The minimum absolute atomic E-state index is 0.911. The van der Waals surface area contributed by atoms with Gasteiger partial charge in [0.05, 0.1) is 5.69 Å². The van der Waals surface area contributed by atoms with Crippen molar-refractivity contribution in [2.45, 2.75) is 32.4 Å². The van der Waals surface area contributed by atoms with Crippen molar-refractivity contribution < 1.29 is 0 Å². The molecular weight excluding hydrogens is 242 g/mol. The summed E-state index contributed by atoms with van der Waals surface area (Å²) in [5, 5.41) is 1.18. The molecule has 2 heterocycles. The lowest BCUT2D eigenvalue weighted by molar-refractivity contribution is 0.855. The van der Waals surface area contributed by atoms with Gasteiger partial charge in [0.15, 0.2) is 5.13 Å². The van der Waals surface area contributed by atoms with Crippen LogP contribution >= 0.6 is 11.3 Å². The first-order valence-electron chi connectivity index (χ1n) is 6.41. The maximum absolute atomic E-state index is 6.04. The number of anilines is 2. The molecule has 0 unspecified atom stereocenters. The molecule has 0 bridgehead atoms. The number of nitrogens with two attached hydrogens (primary N) is 1. The summed E-state index contributed by atoms with van der Waals surface area (Å²) < 4.78 is 0. The molecule has 1 aromatic carbocycles. The molecule has 0 atom stereocenters. The number of aromatic nitrogens is 1. The molecule has 92 valence electrons. The van der Waals surface area contributed by atoms with E-state index in [1.165, 1.54) is 39.7 Å². The van der Waals surface area contributed by atoms with Gasteiger partial charge < -0.3 is 10.6 Å². The highest BCUT2D eigenvalue weighted by Gasteiger charge is 2.25. The van der Waals surface area contributed by atoms with Crippen molar-refractivity contribution in [2.24, 2.45) is 0 Å². The standard InChI is InChI=1S/C14H15N3S/c15-11-4-1-3-9-7-17(8-10(9)11)14-16-12-5-2-6-13(12)18-14/h1,3-4H,2,5-8,15H2. The molecule has 0 spiro atoms. The van der Waals surface area contributed by atoms with Gasteiger partial charge in [0.25, 0.3) is 0 Å². The Balaban J connectivity index is 1.67. The third kappa shape index (κ3) is 1.45. The highest BCUT2D eigenvalue weighted by atomic mass is 32.1. The Bertz CT molecular complexity index is 596. The second kappa shape index (κ2) is 3.72. The van der Waals surface area contributed by atoms with Gasteiger partial charge in [-0.15, -0.1) is 11.3 Å². The van der Waals surface area contributed by atoms with Crippen molar-refractivity contribution in [1.29, 1.82) is 0 Å². The molecule has 0 saturated heterocycles. The van der Waals surface area contributed by atoms with Crippen LogP contribution in [-0.2, 0) is 25.9 Å². The molecule has 0 amide bonds. The van der Waals surface area contributed by atoms with Gasteiger partial charge in [0.2, 0.25) is 0 Å². The van der Waals surface area contributed by atoms with E-state index in [-0.39, 0.29) is 0 Å². The third-order valence-corrected chi connectivity index (χ3v) is 5.09. The summed E-state index contributed by atoms with van der Waals surface area (Å²) in [6.07, 6.45) is 3.66. The summed E-state index contributed by atoms with van der Waals surface area (Å²) in [6.45, 7) is 1.86. The Kier molecular flexibility index (Phi) is 2.14. The number of thiazole rings is 1. The third-order valence-electron chi connectivity index (χ3n) is 3.87. The molecule has 2 aromatic rings. The van der Waals surface area contributed by atoms with E-state index in [0.29, 0.717) is 0 Å². The van der Waals surface area contributed by atoms with Crippen molar-refractivity contribution in [3.8, 4) is 0 Å². The minimum Gasteiger partial charge on any atom is -0.398 e. The van der Waals surface area contributed by atoms with Crippen LogP contribution in [-0.4, -0.2) is 4.98 Å². The molecular formula is C14H15N3S. The van der Waals surface area contributed by atoms with Crippen LogP contribution in [0.4, 0.5) is 10.8 Å². The highest BCUT2D eigenvalue weighted by molar-refractivity contribution is 7.15. The van der Waals surface area contributed by atoms with Crippen molar-refractivity contribution >= 4 is 22.2 Å². The lowest BCUT2D eigenvalue weighted by Gasteiger charge is -2.13. The van der Waals surface area contributed by atoms with Gasteiger partial charge in [-0.1, -0.05) is 12.1 Å². The summed E-state index contributed by atoms with van der Waals surface area (Å²) in [6, 6.07) is 6.21. The van der Waals surface area contributed by atoms with Crippen molar-refractivity contribution in [3.63, 3.8) is 0 Å². The van der Waals surface area contributed by atoms with E-state index < -0.39 is 0 Å². The van der Waals surface area contributed by atoms with E-state index in [9.17, 15) is 0 Å². The predicted molar refractivity (Wildman–Crippen MR) is 74.9 cm³/mol. The summed E-state index contributed by atoms with van der Waals surface area (Å²) in [5.41, 5.74) is 10.9. The van der Waals surface area contributed by atoms with Crippen LogP contribution in [0.15, 0.2) is 18.2 Å². The fraction of sp³-hybridized carbons (Fsp3) is 0.357. The maximum atomic E-state index is 6.04. The van der Waals surface area contributed by atoms with Gasteiger partial charge in [-0.05, 0) is 36.5 Å². The first kappa shape index (κ1) is 10.4. The van der Waals surface area contributed by atoms with Crippen LogP contribution in [0.1, 0.15) is 28.1 Å². The Morgan fingerprint density at radius 3 is 3.00 bits per heavy atom. The molecule has 0 radical (unpaired) electrons. The molecule has 0 fully saturated rings. The predicted octanol–water partition coefficient (Wildman–Crippen LogP) is 2.73. The van der Waals surface area contributed by atoms with E-state index in [1.54, 1.807) is 0 Å². The molecule has 2 N–H and O–H groups in total. The Morgan fingerprint density at radius 1 is 1.22 bits per heavy atom. The SMILES string of the molecule is Nc1cccc2c1CN(c1nc3c(s1)CCC3)C2. The molecule has 18 heavy (non-hydrogen) atoms. The minimum atomic E-state index is 0.911.